The molecule has 0 fully saturated rings. The number of nitrogens with zero attached hydrogens (tertiary/aromatic N) is 2. The predicted molar refractivity (Wildman–Crippen MR) is 63.5 cm³/mol. The Bertz CT molecular complexity index is 466. The zero-order valence-corrected chi connectivity index (χ0v) is 10.8. The van der Waals surface area contributed by atoms with Crippen LogP contribution in [0.1, 0.15) is 37.9 Å². The Hall–Kier alpha value is -1.77. The van der Waals surface area contributed by atoms with E-state index in [4.69, 9.17) is 10.00 Å². The van der Waals surface area contributed by atoms with Crippen molar-refractivity contribution >= 4 is 0 Å². The van der Waals surface area contributed by atoms with Gasteiger partial charge in [-0.2, -0.15) is 18.4 Å². The van der Waals surface area contributed by atoms with E-state index in [0.717, 1.165) is 25.0 Å². The fourth-order valence-electron chi connectivity index (χ4n) is 1.59. The Morgan fingerprint density at radius 1 is 1.42 bits per heavy atom. The van der Waals surface area contributed by atoms with Crippen LogP contribution in [0.25, 0.3) is 0 Å². The van der Waals surface area contributed by atoms with Gasteiger partial charge in [-0.25, -0.2) is 4.98 Å². The lowest BCUT2D eigenvalue weighted by atomic mass is 10.1. The number of hydrogen-bond acceptors (Lipinski definition) is 3. The fourth-order valence-corrected chi connectivity index (χ4v) is 1.59. The SMILES string of the molecule is CCCC(C)COc1nc(C(F)(F)F)ccc1C#N. The van der Waals surface area contributed by atoms with Crippen LogP contribution in [0.3, 0.4) is 0 Å². The standard InChI is InChI=1S/C13H15F3N2O/c1-3-4-9(2)8-19-12-10(7-17)5-6-11(18-12)13(14,15)16/h5-6,9H,3-4,8H2,1-2H3. The van der Waals surface area contributed by atoms with Gasteiger partial charge in [0.15, 0.2) is 0 Å². The van der Waals surface area contributed by atoms with Crippen LogP contribution in [0.5, 0.6) is 5.88 Å². The van der Waals surface area contributed by atoms with E-state index in [1.54, 1.807) is 6.07 Å². The first-order chi connectivity index (χ1) is 8.88. The molecule has 0 amide bonds. The van der Waals surface area contributed by atoms with Crippen LogP contribution < -0.4 is 4.74 Å². The number of nitriles is 1. The Morgan fingerprint density at radius 2 is 2.11 bits per heavy atom. The van der Waals surface area contributed by atoms with Gasteiger partial charge in [0, 0.05) is 0 Å². The Morgan fingerprint density at radius 3 is 2.63 bits per heavy atom. The monoisotopic (exact) mass is 272 g/mol. The predicted octanol–water partition coefficient (Wildman–Crippen LogP) is 3.79. The number of ether oxygens (including phenoxy) is 1. The van der Waals surface area contributed by atoms with Crippen molar-refractivity contribution in [3.05, 3.63) is 23.4 Å². The molecule has 0 saturated carbocycles. The van der Waals surface area contributed by atoms with Gasteiger partial charge in [-0.15, -0.1) is 0 Å². The molecule has 1 rings (SSSR count). The third-order valence-corrected chi connectivity index (χ3v) is 2.56. The zero-order chi connectivity index (χ0) is 14.5. The maximum absolute atomic E-state index is 12.5. The van der Waals surface area contributed by atoms with Crippen molar-refractivity contribution < 1.29 is 17.9 Å². The van der Waals surface area contributed by atoms with Crippen LogP contribution in [0, 0.1) is 17.2 Å². The number of alkyl halides is 3. The van der Waals surface area contributed by atoms with Crippen molar-refractivity contribution in [3.8, 4) is 11.9 Å². The molecular weight excluding hydrogens is 257 g/mol. The van der Waals surface area contributed by atoms with Gasteiger partial charge in [-0.3, -0.25) is 0 Å². The molecule has 1 heterocycles. The van der Waals surface area contributed by atoms with E-state index in [-0.39, 0.29) is 24.0 Å². The summed E-state index contributed by atoms with van der Waals surface area (Å²) in [5.74, 6) is -0.0480. The highest BCUT2D eigenvalue weighted by Gasteiger charge is 2.33. The molecule has 0 aliphatic rings. The van der Waals surface area contributed by atoms with Gasteiger partial charge in [-0.1, -0.05) is 20.3 Å². The summed E-state index contributed by atoms with van der Waals surface area (Å²) in [7, 11) is 0. The van der Waals surface area contributed by atoms with Crippen molar-refractivity contribution in [2.45, 2.75) is 32.9 Å². The number of hydrogen-bond donors (Lipinski definition) is 0. The van der Waals surface area contributed by atoms with Gasteiger partial charge in [-0.05, 0) is 24.5 Å². The Kier molecular flexibility index (Phi) is 5.16. The molecule has 0 aliphatic heterocycles. The number of aromatic nitrogens is 1. The van der Waals surface area contributed by atoms with Crippen LogP contribution in [-0.2, 0) is 6.18 Å². The second-order valence-electron chi connectivity index (χ2n) is 4.36. The van der Waals surface area contributed by atoms with Gasteiger partial charge in [0.05, 0.1) is 6.61 Å². The highest BCUT2D eigenvalue weighted by molar-refractivity contribution is 5.39. The van der Waals surface area contributed by atoms with Crippen molar-refractivity contribution in [2.24, 2.45) is 5.92 Å². The van der Waals surface area contributed by atoms with Crippen LogP contribution in [0.4, 0.5) is 13.2 Å². The quantitative estimate of drug-likeness (QED) is 0.819. The van der Waals surface area contributed by atoms with E-state index >= 15 is 0 Å². The second-order valence-corrected chi connectivity index (χ2v) is 4.36. The van der Waals surface area contributed by atoms with Gasteiger partial charge in [0.2, 0.25) is 5.88 Å². The summed E-state index contributed by atoms with van der Waals surface area (Å²) in [6.45, 7) is 4.19. The molecule has 0 bridgehead atoms. The highest BCUT2D eigenvalue weighted by Crippen LogP contribution is 2.30. The molecular formula is C13H15F3N2O. The molecule has 0 radical (unpaired) electrons. The zero-order valence-electron chi connectivity index (χ0n) is 10.8. The summed E-state index contributed by atoms with van der Waals surface area (Å²) in [6, 6.07) is 3.63. The lowest BCUT2D eigenvalue weighted by Gasteiger charge is -2.13. The largest absolute Gasteiger partial charge is 0.476 e. The molecule has 1 unspecified atom stereocenters. The molecule has 0 aromatic carbocycles. The lowest BCUT2D eigenvalue weighted by Crippen LogP contribution is -2.13. The molecule has 1 atom stereocenters. The third-order valence-electron chi connectivity index (χ3n) is 2.56. The summed E-state index contributed by atoms with van der Waals surface area (Å²) in [5.41, 5.74) is -1.04. The average Bonchev–Trinajstić information content (AvgIpc) is 2.35. The molecule has 0 saturated heterocycles. The first-order valence-electron chi connectivity index (χ1n) is 5.99. The van der Waals surface area contributed by atoms with E-state index in [1.165, 1.54) is 0 Å². The summed E-state index contributed by atoms with van der Waals surface area (Å²) in [6.07, 6.45) is -2.67. The second kappa shape index (κ2) is 6.41. The first-order valence-corrected chi connectivity index (χ1v) is 5.99. The van der Waals surface area contributed by atoms with Gasteiger partial charge in [0.25, 0.3) is 0 Å². The van der Waals surface area contributed by atoms with Gasteiger partial charge >= 0.3 is 6.18 Å². The summed E-state index contributed by atoms with van der Waals surface area (Å²) < 4.78 is 42.8. The van der Waals surface area contributed by atoms with Crippen molar-refractivity contribution in [3.63, 3.8) is 0 Å². The van der Waals surface area contributed by atoms with Crippen LogP contribution >= 0.6 is 0 Å². The molecule has 3 nitrogen and oxygen atoms in total. The van der Waals surface area contributed by atoms with E-state index < -0.39 is 11.9 Å². The maximum atomic E-state index is 12.5. The molecule has 19 heavy (non-hydrogen) atoms. The number of halogens is 3. The summed E-state index contributed by atoms with van der Waals surface area (Å²) >= 11 is 0. The van der Waals surface area contributed by atoms with Gasteiger partial charge < -0.3 is 4.74 Å². The van der Waals surface area contributed by atoms with Crippen LogP contribution in [0.2, 0.25) is 0 Å². The van der Waals surface area contributed by atoms with Crippen molar-refractivity contribution in [1.82, 2.24) is 4.98 Å². The molecule has 1 aromatic heterocycles. The maximum Gasteiger partial charge on any atom is 0.433 e. The molecule has 1 aromatic rings. The smallest absolute Gasteiger partial charge is 0.433 e. The minimum Gasteiger partial charge on any atom is -0.476 e. The topological polar surface area (TPSA) is 45.9 Å². The van der Waals surface area contributed by atoms with E-state index in [1.807, 2.05) is 13.8 Å². The Balaban J connectivity index is 2.89. The van der Waals surface area contributed by atoms with E-state index in [9.17, 15) is 13.2 Å². The Labute approximate surface area is 110 Å². The van der Waals surface area contributed by atoms with Crippen molar-refractivity contribution in [2.75, 3.05) is 6.61 Å². The summed E-state index contributed by atoms with van der Waals surface area (Å²) in [4.78, 5) is 3.38. The lowest BCUT2D eigenvalue weighted by molar-refractivity contribution is -0.141. The normalized spacial score (nSPS) is 12.8. The molecule has 6 heteroatoms. The highest BCUT2D eigenvalue weighted by atomic mass is 19.4. The van der Waals surface area contributed by atoms with Crippen LogP contribution in [0.15, 0.2) is 12.1 Å². The fraction of sp³-hybridized carbons (Fsp3) is 0.538. The van der Waals surface area contributed by atoms with Crippen LogP contribution in [-0.4, -0.2) is 11.6 Å². The summed E-state index contributed by atoms with van der Waals surface area (Å²) in [5, 5.41) is 8.83. The van der Waals surface area contributed by atoms with E-state index in [0.29, 0.717) is 0 Å². The van der Waals surface area contributed by atoms with E-state index in [2.05, 4.69) is 4.98 Å². The third kappa shape index (κ3) is 4.43. The minimum atomic E-state index is -4.54. The van der Waals surface area contributed by atoms with Crippen molar-refractivity contribution in [1.29, 1.82) is 5.26 Å². The minimum absolute atomic E-state index is 0.0108. The molecule has 104 valence electrons. The number of pyridine rings is 1. The average molecular weight is 272 g/mol. The molecule has 0 spiro atoms. The number of rotatable bonds is 5. The molecule has 0 aliphatic carbocycles. The first kappa shape index (κ1) is 15.3. The van der Waals surface area contributed by atoms with Gasteiger partial charge in [0.1, 0.15) is 17.3 Å². The molecule has 0 N–H and O–H groups in total.